The molecule has 0 saturated heterocycles. The zero-order valence-electron chi connectivity index (χ0n) is 10.8. The Kier molecular flexibility index (Phi) is 3.99. The Morgan fingerprint density at radius 3 is 2.65 bits per heavy atom. The number of benzene rings is 1. The van der Waals surface area contributed by atoms with Crippen molar-refractivity contribution in [1.29, 1.82) is 0 Å². The second kappa shape index (κ2) is 5.54. The van der Waals surface area contributed by atoms with E-state index in [1.165, 1.54) is 17.4 Å². The lowest BCUT2D eigenvalue weighted by Crippen LogP contribution is -2.10. The number of aromatic carboxylic acids is 1. The minimum Gasteiger partial charge on any atom is -0.478 e. The van der Waals surface area contributed by atoms with E-state index in [0.29, 0.717) is 0 Å². The summed E-state index contributed by atoms with van der Waals surface area (Å²) in [6, 6.07) is 1.93. The summed E-state index contributed by atoms with van der Waals surface area (Å²) in [6.45, 7) is 3.66. The van der Waals surface area contributed by atoms with Crippen molar-refractivity contribution in [1.82, 2.24) is 4.98 Å². The number of carboxylic acids is 1. The normalized spacial score (nSPS) is 12.2. The summed E-state index contributed by atoms with van der Waals surface area (Å²) in [6.07, 6.45) is 1.70. The van der Waals surface area contributed by atoms with Crippen LogP contribution in [0.15, 0.2) is 18.3 Å². The first-order valence-corrected chi connectivity index (χ1v) is 6.62. The van der Waals surface area contributed by atoms with Crippen LogP contribution in [0.5, 0.6) is 0 Å². The maximum Gasteiger partial charge on any atom is 0.338 e. The molecule has 2 rings (SSSR count). The highest BCUT2D eigenvalue weighted by atomic mass is 32.1. The van der Waals surface area contributed by atoms with Gasteiger partial charge in [-0.15, -0.1) is 11.3 Å². The van der Waals surface area contributed by atoms with E-state index >= 15 is 0 Å². The van der Waals surface area contributed by atoms with Crippen molar-refractivity contribution in [3.05, 3.63) is 45.4 Å². The van der Waals surface area contributed by atoms with Gasteiger partial charge in [-0.2, -0.15) is 0 Å². The molecule has 0 aliphatic rings. The van der Waals surface area contributed by atoms with E-state index in [-0.39, 0.29) is 11.7 Å². The molecule has 1 aromatic carbocycles. The molecule has 0 spiro atoms. The van der Waals surface area contributed by atoms with Crippen LogP contribution in [0, 0.1) is 18.6 Å². The lowest BCUT2D eigenvalue weighted by Gasteiger charge is -2.14. The Bertz CT molecular complexity index is 658. The number of rotatable bonds is 4. The number of halogens is 2. The fourth-order valence-corrected chi connectivity index (χ4v) is 2.47. The number of aromatic nitrogens is 1. The molecule has 1 unspecified atom stereocenters. The predicted octanol–water partition coefficient (Wildman–Crippen LogP) is 3.60. The van der Waals surface area contributed by atoms with E-state index in [0.717, 1.165) is 16.0 Å². The third-order valence-electron chi connectivity index (χ3n) is 2.69. The number of hydrogen-bond donors (Lipinski definition) is 2. The average molecular weight is 298 g/mol. The van der Waals surface area contributed by atoms with Crippen molar-refractivity contribution in [2.24, 2.45) is 0 Å². The van der Waals surface area contributed by atoms with Crippen molar-refractivity contribution in [2.45, 2.75) is 19.9 Å². The number of hydrogen-bond acceptors (Lipinski definition) is 4. The molecule has 0 amide bonds. The summed E-state index contributed by atoms with van der Waals surface area (Å²) in [5.74, 6) is -4.08. The van der Waals surface area contributed by atoms with Gasteiger partial charge < -0.3 is 10.4 Å². The SMILES string of the molecule is Cc1cnc(C(C)Nc2ccc(C(=O)O)c(F)c2F)s1. The van der Waals surface area contributed by atoms with Crippen molar-refractivity contribution in [3.63, 3.8) is 0 Å². The van der Waals surface area contributed by atoms with Crippen LogP contribution in [-0.2, 0) is 0 Å². The molecule has 1 atom stereocenters. The molecule has 0 fully saturated rings. The summed E-state index contributed by atoms with van der Waals surface area (Å²) in [7, 11) is 0. The summed E-state index contributed by atoms with van der Waals surface area (Å²) in [4.78, 5) is 15.9. The molecular formula is C13H12F2N2O2S. The number of carboxylic acid groups (broad SMARTS) is 1. The number of nitrogens with zero attached hydrogens (tertiary/aromatic N) is 1. The topological polar surface area (TPSA) is 62.2 Å². The van der Waals surface area contributed by atoms with Gasteiger partial charge in [-0.25, -0.2) is 18.6 Å². The lowest BCUT2D eigenvalue weighted by molar-refractivity contribution is 0.0690. The van der Waals surface area contributed by atoms with Crippen LogP contribution in [0.3, 0.4) is 0 Å². The number of thiazole rings is 1. The smallest absolute Gasteiger partial charge is 0.338 e. The molecule has 0 bridgehead atoms. The number of anilines is 1. The quantitative estimate of drug-likeness (QED) is 0.905. The molecule has 20 heavy (non-hydrogen) atoms. The number of nitrogens with one attached hydrogen (secondary N) is 1. The van der Waals surface area contributed by atoms with E-state index in [1.54, 1.807) is 13.1 Å². The molecular weight excluding hydrogens is 286 g/mol. The zero-order valence-corrected chi connectivity index (χ0v) is 11.6. The van der Waals surface area contributed by atoms with Gasteiger partial charge in [0.25, 0.3) is 0 Å². The third-order valence-corrected chi connectivity index (χ3v) is 3.79. The zero-order chi connectivity index (χ0) is 14.9. The molecule has 1 aromatic heterocycles. The molecule has 7 heteroatoms. The van der Waals surface area contributed by atoms with Crippen molar-refractivity contribution >= 4 is 23.0 Å². The van der Waals surface area contributed by atoms with Crippen LogP contribution in [0.1, 0.15) is 33.2 Å². The van der Waals surface area contributed by atoms with Gasteiger partial charge in [-0.3, -0.25) is 0 Å². The van der Waals surface area contributed by atoms with Gasteiger partial charge >= 0.3 is 5.97 Å². The highest BCUT2D eigenvalue weighted by Gasteiger charge is 2.19. The van der Waals surface area contributed by atoms with Crippen LogP contribution in [-0.4, -0.2) is 16.1 Å². The van der Waals surface area contributed by atoms with E-state index in [1.807, 2.05) is 6.92 Å². The van der Waals surface area contributed by atoms with Crippen molar-refractivity contribution in [2.75, 3.05) is 5.32 Å². The largest absolute Gasteiger partial charge is 0.478 e. The van der Waals surface area contributed by atoms with E-state index in [4.69, 9.17) is 5.11 Å². The molecule has 2 aromatic rings. The Morgan fingerprint density at radius 1 is 1.40 bits per heavy atom. The average Bonchev–Trinajstić information content (AvgIpc) is 2.81. The minimum absolute atomic E-state index is 0.0900. The molecule has 0 radical (unpaired) electrons. The van der Waals surface area contributed by atoms with E-state index in [2.05, 4.69) is 10.3 Å². The van der Waals surface area contributed by atoms with Crippen LogP contribution in [0.25, 0.3) is 0 Å². The number of aryl methyl sites for hydroxylation is 1. The van der Waals surface area contributed by atoms with Crippen LogP contribution in [0.2, 0.25) is 0 Å². The van der Waals surface area contributed by atoms with E-state index < -0.39 is 23.2 Å². The highest BCUT2D eigenvalue weighted by molar-refractivity contribution is 7.11. The molecule has 0 aliphatic carbocycles. The second-order valence-electron chi connectivity index (χ2n) is 4.27. The monoisotopic (exact) mass is 298 g/mol. The molecule has 106 valence electrons. The van der Waals surface area contributed by atoms with Gasteiger partial charge in [0.05, 0.1) is 17.3 Å². The Balaban J connectivity index is 2.26. The summed E-state index contributed by atoms with van der Waals surface area (Å²) >= 11 is 1.45. The highest BCUT2D eigenvalue weighted by Crippen LogP contribution is 2.27. The molecule has 0 saturated carbocycles. The second-order valence-corrected chi connectivity index (χ2v) is 5.54. The molecule has 1 heterocycles. The van der Waals surface area contributed by atoms with Gasteiger partial charge in [0.1, 0.15) is 5.01 Å². The van der Waals surface area contributed by atoms with Crippen molar-refractivity contribution in [3.8, 4) is 0 Å². The Hall–Kier alpha value is -2.02. The standard InChI is InChI=1S/C13H12F2N2O2S/c1-6-5-16-12(20-6)7(2)17-9-4-3-8(13(18)19)10(14)11(9)15/h3-5,7,17H,1-2H3,(H,18,19). The first kappa shape index (κ1) is 14.4. The molecule has 0 aliphatic heterocycles. The van der Waals surface area contributed by atoms with Crippen LogP contribution in [0.4, 0.5) is 14.5 Å². The van der Waals surface area contributed by atoms with Gasteiger partial charge in [0.2, 0.25) is 0 Å². The fraction of sp³-hybridized carbons (Fsp3) is 0.231. The van der Waals surface area contributed by atoms with Gasteiger partial charge in [-0.05, 0) is 26.0 Å². The first-order valence-electron chi connectivity index (χ1n) is 5.80. The number of carbonyl (C=O) groups is 1. The molecule has 2 N–H and O–H groups in total. The van der Waals surface area contributed by atoms with Crippen LogP contribution >= 0.6 is 11.3 Å². The maximum atomic E-state index is 13.8. The summed E-state index contributed by atoms with van der Waals surface area (Å²) in [5.41, 5.74) is -0.779. The Morgan fingerprint density at radius 2 is 2.10 bits per heavy atom. The predicted molar refractivity (Wildman–Crippen MR) is 72.2 cm³/mol. The van der Waals surface area contributed by atoms with Gasteiger partial charge in [-0.1, -0.05) is 0 Å². The van der Waals surface area contributed by atoms with Crippen LogP contribution < -0.4 is 5.32 Å². The Labute approximate surface area is 118 Å². The van der Waals surface area contributed by atoms with Gasteiger partial charge in [0, 0.05) is 11.1 Å². The molecule has 4 nitrogen and oxygen atoms in total. The van der Waals surface area contributed by atoms with E-state index in [9.17, 15) is 13.6 Å². The van der Waals surface area contributed by atoms with Crippen molar-refractivity contribution < 1.29 is 18.7 Å². The third kappa shape index (κ3) is 2.77. The minimum atomic E-state index is -1.50. The summed E-state index contributed by atoms with van der Waals surface area (Å²) < 4.78 is 27.3. The lowest BCUT2D eigenvalue weighted by atomic mass is 10.1. The maximum absolute atomic E-state index is 13.8. The summed E-state index contributed by atoms with van der Waals surface area (Å²) in [5, 5.41) is 12.2. The first-order chi connectivity index (χ1) is 9.40. The fourth-order valence-electron chi connectivity index (χ4n) is 1.69. The van der Waals surface area contributed by atoms with Gasteiger partial charge in [0.15, 0.2) is 11.6 Å².